The van der Waals surface area contributed by atoms with Crippen LogP contribution in [0.15, 0.2) is 48.1 Å². The maximum Gasteiger partial charge on any atom is 0.330 e. The smallest absolute Gasteiger partial charge is 0.330 e. The van der Waals surface area contributed by atoms with Crippen LogP contribution in [0, 0.1) is 6.92 Å². The summed E-state index contributed by atoms with van der Waals surface area (Å²) in [5.74, 6) is -1.96. The average Bonchev–Trinajstić information content (AvgIpc) is 3.21. The van der Waals surface area contributed by atoms with Crippen LogP contribution >= 0.6 is 11.3 Å². The summed E-state index contributed by atoms with van der Waals surface area (Å²) < 4.78 is 4.76. The third kappa shape index (κ3) is 7.24. The zero-order valence-corrected chi connectivity index (χ0v) is 20.1. The fraction of sp³-hybridized carbons (Fsp3) is 0.292. The average molecular weight is 499 g/mol. The summed E-state index contributed by atoms with van der Waals surface area (Å²) in [6.45, 7) is 1.45. The van der Waals surface area contributed by atoms with Gasteiger partial charge in [-0.2, -0.15) is 0 Å². The van der Waals surface area contributed by atoms with Crippen LogP contribution in [0.2, 0.25) is 0 Å². The highest BCUT2D eigenvalue weighted by Gasteiger charge is 2.26. The first-order valence-corrected chi connectivity index (χ1v) is 11.7. The van der Waals surface area contributed by atoms with Crippen molar-refractivity contribution < 1.29 is 29.0 Å². The molecule has 0 saturated carbocycles. The molecular weight excluding hydrogens is 472 g/mol. The van der Waals surface area contributed by atoms with Crippen LogP contribution in [0.5, 0.6) is 5.75 Å². The number of allylic oxidation sites excluding steroid dienone is 2. The van der Waals surface area contributed by atoms with Crippen molar-refractivity contribution >= 4 is 40.2 Å². The Balaban J connectivity index is 1.61. The van der Waals surface area contributed by atoms with E-state index in [9.17, 15) is 24.3 Å². The number of carbonyl (C=O) groups is 4. The zero-order valence-electron chi connectivity index (χ0n) is 19.3. The number of carbonyl (C=O) groups excluding carboxylic acids is 4. The van der Waals surface area contributed by atoms with Gasteiger partial charge in [0.2, 0.25) is 5.91 Å². The van der Waals surface area contributed by atoms with E-state index in [0.29, 0.717) is 16.8 Å². The third-order valence-corrected chi connectivity index (χ3v) is 6.11. The van der Waals surface area contributed by atoms with Crippen LogP contribution in [-0.4, -0.2) is 53.5 Å². The number of aryl methyl sites for hydroxylation is 1. The maximum atomic E-state index is 12.8. The fourth-order valence-corrected chi connectivity index (χ4v) is 4.20. The Bertz CT molecular complexity index is 1190. The largest absolute Gasteiger partial charge is 0.508 e. The van der Waals surface area contributed by atoms with Gasteiger partial charge in [-0.05, 0) is 37.5 Å². The molecule has 0 saturated heterocycles. The molecule has 2 aromatic rings. The minimum absolute atomic E-state index is 0.0181. The number of hydrogen-bond donors (Lipinski definition) is 4. The van der Waals surface area contributed by atoms with Gasteiger partial charge in [-0.3, -0.25) is 14.4 Å². The number of hydrogen-bond acceptors (Lipinski definition) is 8. The normalized spacial score (nSPS) is 13.4. The van der Waals surface area contributed by atoms with Crippen molar-refractivity contribution in [1.29, 1.82) is 0 Å². The summed E-state index contributed by atoms with van der Waals surface area (Å²) in [7, 11) is 1.19. The highest BCUT2D eigenvalue weighted by Crippen LogP contribution is 2.23. The molecule has 1 unspecified atom stereocenters. The molecule has 3 rings (SSSR count). The lowest BCUT2D eigenvalue weighted by Gasteiger charge is -2.17. The van der Waals surface area contributed by atoms with Crippen molar-refractivity contribution in [3.8, 4) is 5.75 Å². The molecule has 3 amide bonds. The minimum Gasteiger partial charge on any atom is -0.508 e. The predicted octanol–water partition coefficient (Wildman–Crippen LogP) is 2.00. The Morgan fingerprint density at radius 1 is 1.20 bits per heavy atom. The van der Waals surface area contributed by atoms with E-state index in [1.54, 1.807) is 31.2 Å². The van der Waals surface area contributed by atoms with Gasteiger partial charge in [-0.1, -0.05) is 41.7 Å². The molecule has 0 radical (unpaired) electrons. The van der Waals surface area contributed by atoms with Gasteiger partial charge < -0.3 is 25.8 Å². The molecule has 1 aliphatic rings. The van der Waals surface area contributed by atoms with Crippen molar-refractivity contribution in [2.24, 2.45) is 0 Å². The van der Waals surface area contributed by atoms with Gasteiger partial charge in [0.05, 0.1) is 19.2 Å². The van der Waals surface area contributed by atoms with Crippen molar-refractivity contribution in [1.82, 2.24) is 15.6 Å². The van der Waals surface area contributed by atoms with E-state index in [1.165, 1.54) is 19.2 Å². The number of methoxy groups -OCH3 is 1. The first-order valence-electron chi connectivity index (χ1n) is 10.9. The molecule has 0 aliphatic heterocycles. The van der Waals surface area contributed by atoms with Crippen LogP contribution < -0.4 is 16.0 Å². The number of amides is 3. The minimum atomic E-state index is -1.12. The number of phenols is 1. The van der Waals surface area contributed by atoms with Crippen LogP contribution in [0.1, 0.15) is 33.8 Å². The second-order valence-corrected chi connectivity index (χ2v) is 8.73. The Morgan fingerprint density at radius 2 is 2.00 bits per heavy atom. The molecule has 1 heterocycles. The topological polar surface area (TPSA) is 147 Å². The summed E-state index contributed by atoms with van der Waals surface area (Å²) in [6.07, 6.45) is 7.04. The quantitative estimate of drug-likeness (QED) is 0.387. The van der Waals surface area contributed by atoms with Gasteiger partial charge in [-0.25, -0.2) is 9.78 Å². The molecule has 184 valence electrons. The van der Waals surface area contributed by atoms with Gasteiger partial charge in [0.25, 0.3) is 11.8 Å². The third-order valence-electron chi connectivity index (χ3n) is 5.04. The standard InChI is InChI=1S/C24H26N4O6S/c1-14-20(35-24(26-14)28-19(30)12-15-7-6-10-17(29)11-15)22(32)27-18(23(33)34-2)13-25-21(31)16-8-4-3-5-9-16/h4,6-11,18,29H,3,5,12-13H2,1-2H3,(H,25,31)(H,27,32)(H,26,28,30). The molecule has 10 nitrogen and oxygen atoms in total. The number of aromatic hydroxyl groups is 1. The molecule has 11 heteroatoms. The highest BCUT2D eigenvalue weighted by molar-refractivity contribution is 7.17. The summed E-state index contributed by atoms with van der Waals surface area (Å²) in [4.78, 5) is 54.1. The lowest BCUT2D eigenvalue weighted by Crippen LogP contribution is -2.49. The van der Waals surface area contributed by atoms with Crippen molar-refractivity contribution in [3.63, 3.8) is 0 Å². The van der Waals surface area contributed by atoms with E-state index in [0.717, 1.165) is 24.2 Å². The van der Waals surface area contributed by atoms with E-state index in [2.05, 4.69) is 20.9 Å². The number of phenolic OH excluding ortho intramolecular Hbond substituents is 1. The van der Waals surface area contributed by atoms with Crippen molar-refractivity contribution in [2.75, 3.05) is 19.0 Å². The number of aromatic nitrogens is 1. The molecule has 1 aromatic heterocycles. The Kier molecular flexibility index (Phi) is 8.74. The van der Waals surface area contributed by atoms with Crippen molar-refractivity contribution in [2.45, 2.75) is 32.2 Å². The molecule has 0 spiro atoms. The van der Waals surface area contributed by atoms with Crippen LogP contribution in [0.3, 0.4) is 0 Å². The second kappa shape index (κ2) is 11.9. The van der Waals surface area contributed by atoms with Crippen LogP contribution in [0.25, 0.3) is 0 Å². The first-order chi connectivity index (χ1) is 16.8. The second-order valence-electron chi connectivity index (χ2n) is 7.73. The van der Waals surface area contributed by atoms with E-state index in [4.69, 9.17) is 4.74 Å². The number of nitrogens with one attached hydrogen (secondary N) is 3. The summed E-state index contributed by atoms with van der Waals surface area (Å²) >= 11 is 0.956. The molecule has 1 aliphatic carbocycles. The van der Waals surface area contributed by atoms with Crippen LogP contribution in [0.4, 0.5) is 5.13 Å². The molecule has 1 atom stereocenters. The van der Waals surface area contributed by atoms with Crippen molar-refractivity contribution in [3.05, 3.63) is 64.2 Å². The SMILES string of the molecule is COC(=O)C(CNC(=O)C1=CCCC=C1)NC(=O)c1sc(NC(=O)Cc2cccc(O)c2)nc1C. The number of ether oxygens (including phenoxy) is 1. The lowest BCUT2D eigenvalue weighted by molar-refractivity contribution is -0.142. The number of nitrogens with zero attached hydrogens (tertiary/aromatic N) is 1. The monoisotopic (exact) mass is 498 g/mol. The summed E-state index contributed by atoms with van der Waals surface area (Å²) in [5, 5.41) is 17.6. The van der Waals surface area contributed by atoms with Crippen LogP contribution in [-0.2, 0) is 25.5 Å². The fourth-order valence-electron chi connectivity index (χ4n) is 3.31. The maximum absolute atomic E-state index is 12.8. The summed E-state index contributed by atoms with van der Waals surface area (Å²) in [5.41, 5.74) is 1.48. The van der Waals surface area contributed by atoms with Gasteiger partial charge in [-0.15, -0.1) is 0 Å². The highest BCUT2D eigenvalue weighted by atomic mass is 32.1. The molecule has 1 aromatic carbocycles. The van der Waals surface area contributed by atoms with Gasteiger partial charge in [0.15, 0.2) is 5.13 Å². The molecule has 4 N–H and O–H groups in total. The number of rotatable bonds is 9. The van der Waals surface area contributed by atoms with E-state index in [1.807, 2.05) is 6.08 Å². The molecule has 35 heavy (non-hydrogen) atoms. The zero-order chi connectivity index (χ0) is 25.4. The van der Waals surface area contributed by atoms with Gasteiger partial charge in [0, 0.05) is 12.1 Å². The Hall–Kier alpha value is -3.99. The molecule has 0 fully saturated rings. The van der Waals surface area contributed by atoms with E-state index in [-0.39, 0.29) is 40.5 Å². The van der Waals surface area contributed by atoms with E-state index >= 15 is 0 Å². The first kappa shape index (κ1) is 25.6. The molecule has 0 bridgehead atoms. The Morgan fingerprint density at radius 3 is 2.69 bits per heavy atom. The predicted molar refractivity (Wildman–Crippen MR) is 130 cm³/mol. The Labute approximate surface area is 206 Å². The van der Waals surface area contributed by atoms with Gasteiger partial charge >= 0.3 is 5.97 Å². The number of thiazole rings is 1. The molecular formula is C24H26N4O6S. The lowest BCUT2D eigenvalue weighted by atomic mass is 10.1. The number of esters is 1. The van der Waals surface area contributed by atoms with E-state index < -0.39 is 17.9 Å². The summed E-state index contributed by atoms with van der Waals surface area (Å²) in [6, 6.07) is 5.22. The number of benzene rings is 1. The van der Waals surface area contributed by atoms with Gasteiger partial charge in [0.1, 0.15) is 16.7 Å². The number of anilines is 1.